The molecule has 4 N–H and O–H groups in total. The monoisotopic (exact) mass is 660 g/mol. The number of aliphatic hydroxyl groups is 3. The zero-order valence-corrected chi connectivity index (χ0v) is 26.3. The molecule has 1 fully saturated rings. The second kappa shape index (κ2) is 18.9. The highest BCUT2D eigenvalue weighted by Crippen LogP contribution is 2.36. The maximum absolute atomic E-state index is 12.3. The van der Waals surface area contributed by atoms with Crippen LogP contribution in [0, 0.1) is 22.0 Å². The number of amides is 1. The van der Waals surface area contributed by atoms with E-state index in [1.165, 1.54) is 6.92 Å². The van der Waals surface area contributed by atoms with Crippen molar-refractivity contribution in [3.63, 3.8) is 0 Å². The smallest absolute Gasteiger partial charge is 0.328 e. The van der Waals surface area contributed by atoms with E-state index in [1.807, 2.05) is 12.2 Å². The number of nitrogens with zero attached hydrogens (tertiary/aromatic N) is 1. The lowest BCUT2D eigenvalue weighted by Crippen LogP contribution is -2.39. The summed E-state index contributed by atoms with van der Waals surface area (Å²) in [5.41, 5.74) is 1.18. The van der Waals surface area contributed by atoms with Crippen molar-refractivity contribution in [1.82, 2.24) is 5.32 Å². The lowest BCUT2D eigenvalue weighted by molar-refractivity contribution is -0.763. The molecule has 6 atom stereocenters. The van der Waals surface area contributed by atoms with Crippen LogP contribution in [0.4, 0.5) is 0 Å². The topological polar surface area (TPSA) is 178 Å². The van der Waals surface area contributed by atoms with E-state index in [-0.39, 0.29) is 50.4 Å². The largest absolute Gasteiger partial charge is 0.491 e. The Morgan fingerprint density at radius 2 is 1.85 bits per heavy atom. The van der Waals surface area contributed by atoms with Gasteiger partial charge in [0.25, 0.3) is 5.09 Å². The first kappa shape index (κ1) is 36.5. The highest BCUT2D eigenvalue weighted by Gasteiger charge is 2.39. The Morgan fingerprint density at radius 1 is 1.11 bits per heavy atom. The highest BCUT2D eigenvalue weighted by molar-refractivity contribution is 6.30. The van der Waals surface area contributed by atoms with Gasteiger partial charge in [-0.15, -0.1) is 10.1 Å². The first-order chi connectivity index (χ1) is 22.0. The first-order valence-corrected chi connectivity index (χ1v) is 15.5. The van der Waals surface area contributed by atoms with E-state index in [9.17, 15) is 35.0 Å². The van der Waals surface area contributed by atoms with Crippen molar-refractivity contribution in [2.24, 2.45) is 11.8 Å². The molecule has 2 aromatic rings. The number of carbonyl (C=O) groups excluding carboxylic acids is 2. The molecule has 0 spiro atoms. The van der Waals surface area contributed by atoms with Crippen LogP contribution in [0.1, 0.15) is 50.2 Å². The Bertz CT molecular complexity index is 1350. The number of aliphatic hydroxyl groups excluding tert-OH is 3. The maximum atomic E-state index is 12.3. The normalized spacial score (nSPS) is 20.8. The molecule has 2 aromatic carbocycles. The Labute approximate surface area is 272 Å². The quantitative estimate of drug-likeness (QED) is 0.0599. The van der Waals surface area contributed by atoms with Gasteiger partial charge in [-0.1, -0.05) is 66.2 Å². The molecule has 0 heterocycles. The van der Waals surface area contributed by atoms with E-state index in [4.69, 9.17) is 21.1 Å². The summed E-state index contributed by atoms with van der Waals surface area (Å²) in [6.07, 6.45) is 6.92. The molecule has 0 aliphatic heterocycles. The van der Waals surface area contributed by atoms with Gasteiger partial charge in [0, 0.05) is 23.8 Å². The summed E-state index contributed by atoms with van der Waals surface area (Å²) < 4.78 is 10.8. The second-order valence-corrected chi connectivity index (χ2v) is 11.6. The molecule has 12 nitrogen and oxygen atoms in total. The summed E-state index contributed by atoms with van der Waals surface area (Å²) in [4.78, 5) is 39.4. The number of nitrogens with one attached hydrogen (secondary N) is 1. The van der Waals surface area contributed by atoms with Gasteiger partial charge in [-0.05, 0) is 61.4 Å². The van der Waals surface area contributed by atoms with Gasteiger partial charge < -0.3 is 34.9 Å². The predicted molar refractivity (Wildman–Crippen MR) is 169 cm³/mol. The minimum absolute atomic E-state index is 0.0142. The fraction of sp³-hybridized carbons (Fsp3) is 0.455. The molecule has 0 saturated heterocycles. The van der Waals surface area contributed by atoms with Crippen LogP contribution in [0.2, 0.25) is 5.02 Å². The predicted octanol–water partition coefficient (Wildman–Crippen LogP) is 4.07. The molecule has 250 valence electrons. The number of benzene rings is 2. The average Bonchev–Trinajstić information content (AvgIpc) is 3.29. The summed E-state index contributed by atoms with van der Waals surface area (Å²) in [7, 11) is 0. The van der Waals surface area contributed by atoms with Crippen molar-refractivity contribution >= 4 is 23.5 Å². The molecule has 0 aromatic heterocycles. The van der Waals surface area contributed by atoms with Crippen molar-refractivity contribution in [3.8, 4) is 5.75 Å². The summed E-state index contributed by atoms with van der Waals surface area (Å²) >= 11 is 5.95. The molecular formula is C33H41ClN2O10. The number of unbranched alkanes of at least 4 members (excludes halogenated alkanes) is 1. The molecule has 13 heteroatoms. The molecule has 1 saturated carbocycles. The minimum Gasteiger partial charge on any atom is -0.491 e. The fourth-order valence-corrected chi connectivity index (χ4v) is 5.28. The van der Waals surface area contributed by atoms with Crippen molar-refractivity contribution in [1.29, 1.82) is 0 Å². The van der Waals surface area contributed by atoms with E-state index in [2.05, 4.69) is 10.2 Å². The van der Waals surface area contributed by atoms with Gasteiger partial charge in [0.05, 0.1) is 12.2 Å². The van der Waals surface area contributed by atoms with Crippen molar-refractivity contribution in [3.05, 3.63) is 99.1 Å². The molecule has 1 aliphatic carbocycles. The third-order valence-corrected chi connectivity index (χ3v) is 7.71. The van der Waals surface area contributed by atoms with Crippen LogP contribution in [-0.2, 0) is 32.4 Å². The van der Waals surface area contributed by atoms with Gasteiger partial charge in [0.15, 0.2) is 0 Å². The number of carbonyl (C=O) groups is 2. The Hall–Kier alpha value is -3.97. The minimum atomic E-state index is -0.905. The van der Waals surface area contributed by atoms with Crippen molar-refractivity contribution < 1.29 is 44.3 Å². The summed E-state index contributed by atoms with van der Waals surface area (Å²) in [6.45, 7) is 1.27. The number of hydrogen-bond acceptors (Lipinski definition) is 10. The first-order valence-electron chi connectivity index (χ1n) is 15.1. The molecular weight excluding hydrogens is 620 g/mol. The van der Waals surface area contributed by atoms with Gasteiger partial charge in [-0.3, -0.25) is 4.79 Å². The molecule has 1 unspecified atom stereocenters. The van der Waals surface area contributed by atoms with Crippen LogP contribution in [0.3, 0.4) is 0 Å². The van der Waals surface area contributed by atoms with Crippen LogP contribution in [0.5, 0.6) is 5.75 Å². The van der Waals surface area contributed by atoms with Gasteiger partial charge in [-0.2, -0.15) is 0 Å². The lowest BCUT2D eigenvalue weighted by Gasteiger charge is -2.19. The van der Waals surface area contributed by atoms with Gasteiger partial charge >= 0.3 is 5.97 Å². The molecule has 0 radical (unpaired) electrons. The lowest BCUT2D eigenvalue weighted by atomic mass is 9.89. The standard InChI is InChI=1S/C33H41ClN2O10/c1-22(33(41)45-19-23-8-6-9-24(16-23)20-46-36(42)43)35-32(40)13-5-3-2-4-12-28-29(31(39)18-30(28)38)15-14-26(37)21-44-27-11-7-10-25(34)17-27/h2,4,6-11,14-17,22,26,28-31,37-39H,3,5,12-13,18-21H2,1H3,(H,35,40)/b4-2-,15-14+/t22?,26-,28-,29-,30+,31-/m1/s1. The average molecular weight is 661 g/mol. The Morgan fingerprint density at radius 3 is 2.59 bits per heavy atom. The van der Waals surface area contributed by atoms with Crippen LogP contribution in [0.25, 0.3) is 0 Å². The van der Waals surface area contributed by atoms with Gasteiger partial charge in [-0.25, -0.2) is 4.79 Å². The number of halogens is 1. The second-order valence-electron chi connectivity index (χ2n) is 11.1. The molecule has 1 aliphatic rings. The third-order valence-electron chi connectivity index (χ3n) is 7.48. The molecule has 46 heavy (non-hydrogen) atoms. The number of rotatable bonds is 18. The number of hydrogen-bond donors (Lipinski definition) is 4. The van der Waals surface area contributed by atoms with Crippen LogP contribution < -0.4 is 10.1 Å². The maximum Gasteiger partial charge on any atom is 0.328 e. The Balaban J connectivity index is 1.34. The van der Waals surface area contributed by atoms with E-state index in [0.717, 1.165) is 0 Å². The van der Waals surface area contributed by atoms with Gasteiger partial charge in [0.1, 0.15) is 37.7 Å². The van der Waals surface area contributed by atoms with Crippen LogP contribution in [0.15, 0.2) is 72.8 Å². The van der Waals surface area contributed by atoms with E-state index in [1.54, 1.807) is 60.7 Å². The highest BCUT2D eigenvalue weighted by atomic mass is 35.5. The van der Waals surface area contributed by atoms with Crippen molar-refractivity contribution in [2.75, 3.05) is 6.61 Å². The summed E-state index contributed by atoms with van der Waals surface area (Å²) in [5.74, 6) is -0.930. The number of esters is 1. The SMILES string of the molecule is CC(NC(=O)CCC/C=C\C[C@@H]1[C@@H](/C=C/[C@@H](O)COc2cccc(Cl)c2)[C@H](O)C[C@@H]1O)C(=O)OCc1cccc(CO[N+](=O)[O-])c1. The van der Waals surface area contributed by atoms with Crippen LogP contribution in [-0.4, -0.2) is 63.2 Å². The zero-order valence-electron chi connectivity index (χ0n) is 25.6. The van der Waals surface area contributed by atoms with E-state index < -0.39 is 35.4 Å². The Kier molecular flexibility index (Phi) is 15.0. The molecule has 0 bridgehead atoms. The molecule has 3 rings (SSSR count). The van der Waals surface area contributed by atoms with Crippen molar-refractivity contribution in [2.45, 2.75) is 76.6 Å². The van der Waals surface area contributed by atoms with E-state index in [0.29, 0.717) is 41.2 Å². The summed E-state index contributed by atoms with van der Waals surface area (Å²) in [5, 5.41) is 43.9. The van der Waals surface area contributed by atoms with Gasteiger partial charge in [0.2, 0.25) is 5.91 Å². The number of allylic oxidation sites excluding steroid dienone is 2. The fourth-order valence-electron chi connectivity index (χ4n) is 5.10. The van der Waals surface area contributed by atoms with E-state index >= 15 is 0 Å². The third kappa shape index (κ3) is 12.8. The summed E-state index contributed by atoms with van der Waals surface area (Å²) in [6, 6.07) is 12.7. The van der Waals surface area contributed by atoms with Crippen LogP contribution >= 0.6 is 11.6 Å². The number of ether oxygens (including phenoxy) is 2. The molecule has 1 amide bonds. The zero-order chi connectivity index (χ0) is 33.5.